The molecule has 0 N–H and O–H groups in total. The average Bonchev–Trinajstić information content (AvgIpc) is 2.38. The van der Waals surface area contributed by atoms with Crippen LogP contribution in [0.15, 0.2) is 48.5 Å². The van der Waals surface area contributed by atoms with E-state index in [1.165, 1.54) is 6.07 Å². The number of benzene rings is 2. The summed E-state index contributed by atoms with van der Waals surface area (Å²) in [7, 11) is 0. The van der Waals surface area contributed by atoms with Crippen LogP contribution in [0.2, 0.25) is 0 Å². The first kappa shape index (κ1) is 14.1. The first-order chi connectivity index (χ1) is 9.37. The van der Waals surface area contributed by atoms with Gasteiger partial charge in [0.15, 0.2) is 0 Å². The number of ether oxygens (including phenoxy) is 1. The summed E-state index contributed by atoms with van der Waals surface area (Å²) in [5.74, 6) is 0.750. The molecule has 0 saturated carbocycles. The molecule has 0 amide bonds. The van der Waals surface area contributed by atoms with Crippen molar-refractivity contribution < 1.29 is 9.66 Å². The Hall–Kier alpha value is -2.36. The molecule has 0 aromatic heterocycles. The maximum Gasteiger partial charge on any atom is 0.277 e. The minimum Gasteiger partial charge on any atom is -0.488 e. The van der Waals surface area contributed by atoms with Crippen LogP contribution in [0.3, 0.4) is 0 Å². The summed E-state index contributed by atoms with van der Waals surface area (Å²) in [6.07, 6.45) is 0. The molecular formula is C16H17NO3. The lowest BCUT2D eigenvalue weighted by atomic mass is 10.0. The normalized spacial score (nSPS) is 11.2. The third-order valence-electron chi connectivity index (χ3n) is 2.69. The Labute approximate surface area is 118 Å². The molecule has 0 aliphatic carbocycles. The summed E-state index contributed by atoms with van der Waals surface area (Å²) in [4.78, 5) is 10.7. The van der Waals surface area contributed by atoms with E-state index in [1.807, 2.05) is 45.0 Å². The highest BCUT2D eigenvalue weighted by molar-refractivity contribution is 5.73. The first-order valence-electron chi connectivity index (χ1n) is 6.40. The Balaban J connectivity index is 2.33. The summed E-state index contributed by atoms with van der Waals surface area (Å²) in [6.45, 7) is 5.93. The van der Waals surface area contributed by atoms with Gasteiger partial charge in [-0.3, -0.25) is 10.1 Å². The SMILES string of the molecule is CC(C)(C)Oc1ccc(-c2ccccc2[N+](=O)[O-])cc1. The van der Waals surface area contributed by atoms with Gasteiger partial charge in [0, 0.05) is 6.07 Å². The number of hydrogen-bond donors (Lipinski definition) is 0. The van der Waals surface area contributed by atoms with Crippen LogP contribution in [0.1, 0.15) is 20.8 Å². The number of para-hydroxylation sites is 1. The Kier molecular flexibility index (Phi) is 3.74. The number of nitro benzene ring substituents is 1. The maximum absolute atomic E-state index is 11.0. The van der Waals surface area contributed by atoms with Gasteiger partial charge in [0.2, 0.25) is 0 Å². The summed E-state index contributed by atoms with van der Waals surface area (Å²) in [5, 5.41) is 11.0. The second-order valence-electron chi connectivity index (χ2n) is 5.51. The van der Waals surface area contributed by atoms with Crippen LogP contribution in [-0.4, -0.2) is 10.5 Å². The van der Waals surface area contributed by atoms with E-state index in [0.717, 1.165) is 11.3 Å². The molecule has 4 heteroatoms. The second-order valence-corrected chi connectivity index (χ2v) is 5.51. The minimum absolute atomic E-state index is 0.108. The quantitative estimate of drug-likeness (QED) is 0.612. The molecule has 104 valence electrons. The van der Waals surface area contributed by atoms with Crippen molar-refractivity contribution in [2.24, 2.45) is 0 Å². The van der Waals surface area contributed by atoms with Crippen LogP contribution in [0.25, 0.3) is 11.1 Å². The molecule has 0 aliphatic heterocycles. The average molecular weight is 271 g/mol. The zero-order chi connectivity index (χ0) is 14.8. The van der Waals surface area contributed by atoms with Crippen molar-refractivity contribution in [3.05, 3.63) is 58.6 Å². The van der Waals surface area contributed by atoms with Crippen LogP contribution in [-0.2, 0) is 0 Å². The lowest BCUT2D eigenvalue weighted by Crippen LogP contribution is -2.22. The smallest absolute Gasteiger partial charge is 0.277 e. The van der Waals surface area contributed by atoms with E-state index in [0.29, 0.717) is 5.56 Å². The highest BCUT2D eigenvalue weighted by Gasteiger charge is 2.15. The topological polar surface area (TPSA) is 52.4 Å². The zero-order valence-electron chi connectivity index (χ0n) is 11.8. The summed E-state index contributed by atoms with van der Waals surface area (Å²) in [6, 6.07) is 14.1. The van der Waals surface area contributed by atoms with E-state index >= 15 is 0 Å². The van der Waals surface area contributed by atoms with E-state index in [2.05, 4.69) is 0 Å². The largest absolute Gasteiger partial charge is 0.488 e. The van der Waals surface area contributed by atoms with E-state index < -0.39 is 0 Å². The molecule has 0 fully saturated rings. The number of nitro groups is 1. The van der Waals surface area contributed by atoms with Crippen LogP contribution in [0.4, 0.5) is 5.69 Å². The molecule has 0 unspecified atom stereocenters. The first-order valence-corrected chi connectivity index (χ1v) is 6.40. The van der Waals surface area contributed by atoms with Gasteiger partial charge in [-0.2, -0.15) is 0 Å². The van der Waals surface area contributed by atoms with Crippen molar-refractivity contribution >= 4 is 5.69 Å². The zero-order valence-corrected chi connectivity index (χ0v) is 11.8. The fraction of sp³-hybridized carbons (Fsp3) is 0.250. The number of nitrogens with zero attached hydrogens (tertiary/aromatic N) is 1. The highest BCUT2D eigenvalue weighted by atomic mass is 16.6. The lowest BCUT2D eigenvalue weighted by Gasteiger charge is -2.21. The maximum atomic E-state index is 11.0. The molecule has 0 saturated heterocycles. The van der Waals surface area contributed by atoms with Crippen molar-refractivity contribution in [3.63, 3.8) is 0 Å². The van der Waals surface area contributed by atoms with E-state index in [1.54, 1.807) is 18.2 Å². The molecule has 4 nitrogen and oxygen atoms in total. The lowest BCUT2D eigenvalue weighted by molar-refractivity contribution is -0.384. The van der Waals surface area contributed by atoms with E-state index in [-0.39, 0.29) is 16.2 Å². The molecule has 2 aromatic carbocycles. The molecule has 2 aromatic rings. The van der Waals surface area contributed by atoms with Gasteiger partial charge in [-0.15, -0.1) is 0 Å². The van der Waals surface area contributed by atoms with Crippen molar-refractivity contribution in [3.8, 4) is 16.9 Å². The highest BCUT2D eigenvalue weighted by Crippen LogP contribution is 2.31. The van der Waals surface area contributed by atoms with Crippen molar-refractivity contribution in [1.29, 1.82) is 0 Å². The van der Waals surface area contributed by atoms with Gasteiger partial charge >= 0.3 is 0 Å². The molecule has 20 heavy (non-hydrogen) atoms. The van der Waals surface area contributed by atoms with Crippen LogP contribution in [0, 0.1) is 10.1 Å². The van der Waals surface area contributed by atoms with Crippen molar-refractivity contribution in [1.82, 2.24) is 0 Å². The molecule has 0 bridgehead atoms. The summed E-state index contributed by atoms with van der Waals surface area (Å²) in [5.41, 5.74) is 1.26. The Morgan fingerprint density at radius 2 is 1.60 bits per heavy atom. The third-order valence-corrected chi connectivity index (χ3v) is 2.69. The van der Waals surface area contributed by atoms with Gasteiger partial charge in [0.1, 0.15) is 11.4 Å². The fourth-order valence-electron chi connectivity index (χ4n) is 1.93. The van der Waals surface area contributed by atoms with E-state index in [4.69, 9.17) is 4.74 Å². The summed E-state index contributed by atoms with van der Waals surface area (Å²) >= 11 is 0. The molecule has 0 spiro atoms. The van der Waals surface area contributed by atoms with E-state index in [9.17, 15) is 10.1 Å². The predicted molar refractivity (Wildman–Crippen MR) is 78.9 cm³/mol. The van der Waals surface area contributed by atoms with Gasteiger partial charge in [0.05, 0.1) is 10.5 Å². The number of hydrogen-bond acceptors (Lipinski definition) is 3. The number of rotatable bonds is 3. The standard InChI is InChI=1S/C16H17NO3/c1-16(2,3)20-13-10-8-12(9-11-13)14-6-4-5-7-15(14)17(18)19/h4-11H,1-3H3. The Morgan fingerprint density at radius 1 is 1.00 bits per heavy atom. The third kappa shape index (κ3) is 3.35. The molecule has 0 aliphatic rings. The van der Waals surface area contributed by atoms with Gasteiger partial charge in [-0.25, -0.2) is 0 Å². The molecule has 0 heterocycles. The minimum atomic E-state index is -0.366. The van der Waals surface area contributed by atoms with Crippen molar-refractivity contribution in [2.45, 2.75) is 26.4 Å². The molecule has 0 atom stereocenters. The molecule has 0 radical (unpaired) electrons. The van der Waals surface area contributed by atoms with Crippen LogP contribution < -0.4 is 4.74 Å². The summed E-state index contributed by atoms with van der Waals surface area (Å²) < 4.78 is 5.74. The van der Waals surface area contributed by atoms with Gasteiger partial charge in [0.25, 0.3) is 5.69 Å². The fourth-order valence-corrected chi connectivity index (χ4v) is 1.93. The van der Waals surface area contributed by atoms with Gasteiger partial charge in [-0.05, 0) is 44.5 Å². The van der Waals surface area contributed by atoms with Gasteiger partial charge < -0.3 is 4.74 Å². The Morgan fingerprint density at radius 3 is 2.15 bits per heavy atom. The predicted octanol–water partition coefficient (Wildman–Crippen LogP) is 4.44. The van der Waals surface area contributed by atoms with Crippen LogP contribution in [0.5, 0.6) is 5.75 Å². The second kappa shape index (κ2) is 5.33. The van der Waals surface area contributed by atoms with Gasteiger partial charge in [-0.1, -0.05) is 24.3 Å². The monoisotopic (exact) mass is 271 g/mol. The van der Waals surface area contributed by atoms with Crippen LogP contribution >= 0.6 is 0 Å². The van der Waals surface area contributed by atoms with Crippen molar-refractivity contribution in [2.75, 3.05) is 0 Å². The molecule has 2 rings (SSSR count). The molecular weight excluding hydrogens is 254 g/mol. The Bertz CT molecular complexity index is 612.